The van der Waals surface area contributed by atoms with Crippen molar-refractivity contribution in [3.05, 3.63) is 82.6 Å². The zero-order valence-corrected chi connectivity index (χ0v) is 19.3. The highest BCUT2D eigenvalue weighted by molar-refractivity contribution is 6.31. The average Bonchev–Trinajstić information content (AvgIpc) is 3.20. The number of phenols is 2. The van der Waals surface area contributed by atoms with Crippen molar-refractivity contribution in [2.24, 2.45) is 5.73 Å². The highest BCUT2D eigenvalue weighted by Crippen LogP contribution is 2.37. The lowest BCUT2D eigenvalue weighted by Gasteiger charge is -2.23. The summed E-state index contributed by atoms with van der Waals surface area (Å²) >= 11 is 5.96. The summed E-state index contributed by atoms with van der Waals surface area (Å²) in [4.78, 5) is 24.8. The van der Waals surface area contributed by atoms with E-state index in [4.69, 9.17) is 26.5 Å². The third-order valence-corrected chi connectivity index (χ3v) is 5.58. The van der Waals surface area contributed by atoms with Crippen molar-refractivity contribution in [2.75, 3.05) is 11.9 Å². The van der Waals surface area contributed by atoms with Crippen molar-refractivity contribution in [2.45, 2.75) is 12.2 Å². The van der Waals surface area contributed by atoms with Crippen molar-refractivity contribution >= 4 is 40.1 Å². The number of rotatable bonds is 8. The lowest BCUT2D eigenvalue weighted by Crippen LogP contribution is -2.27. The number of carbonyl (C=O) groups is 2. The molecule has 2 amide bonds. The fraction of sp³-hybridized carbons (Fsp3) is 0.120. The highest BCUT2D eigenvalue weighted by Gasteiger charge is 2.27. The number of ether oxygens (including phenoxy) is 1. The molecular weight excluding hydrogens is 492 g/mol. The molecule has 186 valence electrons. The number of fused-ring (bicyclic) bond motifs is 1. The zero-order chi connectivity index (χ0) is 26.0. The van der Waals surface area contributed by atoms with Gasteiger partial charge in [0.25, 0.3) is 0 Å². The summed E-state index contributed by atoms with van der Waals surface area (Å²) < 4.78 is 11.6. The number of primary amides is 1. The Hall–Kier alpha value is -4.25. The Morgan fingerprint density at radius 1 is 1.06 bits per heavy atom. The van der Waals surface area contributed by atoms with Gasteiger partial charge in [0.05, 0.1) is 12.2 Å². The first-order valence-electron chi connectivity index (χ1n) is 10.6. The van der Waals surface area contributed by atoms with Gasteiger partial charge in [0.2, 0.25) is 5.78 Å². The average molecular weight is 513 g/mol. The third kappa shape index (κ3) is 5.05. The minimum atomic E-state index is -1.29. The summed E-state index contributed by atoms with van der Waals surface area (Å²) in [6, 6.07) is 13.3. The van der Waals surface area contributed by atoms with Crippen LogP contribution in [0.25, 0.3) is 11.0 Å². The molecule has 0 aliphatic carbocycles. The van der Waals surface area contributed by atoms with Gasteiger partial charge in [-0.2, -0.15) is 0 Å². The minimum Gasteiger partial charge on any atom is -0.508 e. The number of aliphatic hydroxyl groups excluding tert-OH is 2. The monoisotopic (exact) mass is 512 g/mol. The van der Waals surface area contributed by atoms with Gasteiger partial charge in [-0.15, -0.1) is 0 Å². The molecular formula is C25H21ClN2O8. The van der Waals surface area contributed by atoms with E-state index in [1.807, 2.05) is 0 Å². The van der Waals surface area contributed by atoms with E-state index in [-0.39, 0.29) is 44.9 Å². The molecule has 11 heteroatoms. The first-order chi connectivity index (χ1) is 17.2. The van der Waals surface area contributed by atoms with Gasteiger partial charge in [0.15, 0.2) is 11.9 Å². The number of hydrogen-bond acceptors (Lipinski definition) is 8. The number of hydrogen-bond donors (Lipinski definition) is 6. The van der Waals surface area contributed by atoms with E-state index in [9.17, 15) is 30.0 Å². The van der Waals surface area contributed by atoms with Crippen LogP contribution in [0.1, 0.15) is 27.8 Å². The summed E-state index contributed by atoms with van der Waals surface area (Å²) in [5.41, 5.74) is 5.74. The molecule has 10 nitrogen and oxygen atoms in total. The molecule has 7 N–H and O–H groups in total. The molecule has 0 fully saturated rings. The fourth-order valence-corrected chi connectivity index (χ4v) is 3.82. The van der Waals surface area contributed by atoms with Crippen LogP contribution in [0.5, 0.6) is 17.2 Å². The number of benzene rings is 3. The Morgan fingerprint density at radius 3 is 2.44 bits per heavy atom. The maximum atomic E-state index is 13.2. The second-order valence-corrected chi connectivity index (χ2v) is 8.26. The molecule has 4 aromatic rings. The van der Waals surface area contributed by atoms with Crippen molar-refractivity contribution in [3.63, 3.8) is 0 Å². The largest absolute Gasteiger partial charge is 0.508 e. The van der Waals surface area contributed by atoms with Crippen molar-refractivity contribution in [1.29, 1.82) is 0 Å². The van der Waals surface area contributed by atoms with E-state index in [1.54, 1.807) is 0 Å². The third-order valence-electron chi connectivity index (χ3n) is 5.34. The molecule has 4 rings (SSSR count). The van der Waals surface area contributed by atoms with Crippen LogP contribution in [-0.4, -0.2) is 45.0 Å². The van der Waals surface area contributed by atoms with Gasteiger partial charge in [0, 0.05) is 16.5 Å². The number of phenolic OH excluding ortho intramolecular Hbond substituents is 2. The zero-order valence-electron chi connectivity index (χ0n) is 18.5. The second-order valence-electron chi connectivity index (χ2n) is 7.82. The highest BCUT2D eigenvalue weighted by atomic mass is 35.5. The quantitative estimate of drug-likeness (QED) is 0.194. The Bertz CT molecular complexity index is 1430. The number of amides is 2. The molecule has 1 aromatic heterocycles. The topological polar surface area (TPSA) is 175 Å². The van der Waals surface area contributed by atoms with Gasteiger partial charge in [0.1, 0.15) is 34.6 Å². The van der Waals surface area contributed by atoms with Crippen molar-refractivity contribution in [3.8, 4) is 17.2 Å². The van der Waals surface area contributed by atoms with Gasteiger partial charge in [-0.1, -0.05) is 23.7 Å². The number of halogens is 1. The van der Waals surface area contributed by atoms with Crippen LogP contribution in [0.15, 0.2) is 65.1 Å². The van der Waals surface area contributed by atoms with Crippen LogP contribution in [-0.2, 0) is 0 Å². The molecule has 0 bridgehead atoms. The first-order valence-corrected chi connectivity index (χ1v) is 11.0. The molecule has 0 spiro atoms. The van der Waals surface area contributed by atoms with Crippen LogP contribution >= 0.6 is 11.6 Å². The van der Waals surface area contributed by atoms with Gasteiger partial charge >= 0.3 is 6.03 Å². The van der Waals surface area contributed by atoms with Gasteiger partial charge in [-0.3, -0.25) is 4.79 Å². The number of furan rings is 1. The Morgan fingerprint density at radius 2 is 1.78 bits per heavy atom. The lowest BCUT2D eigenvalue weighted by atomic mass is 10.0. The van der Waals surface area contributed by atoms with E-state index < -0.39 is 30.6 Å². The Kier molecular flexibility index (Phi) is 7.02. The molecule has 3 aromatic carbocycles. The molecule has 2 unspecified atom stereocenters. The number of aliphatic hydroxyl groups is 2. The number of urea groups is 1. The predicted molar refractivity (Wildman–Crippen MR) is 131 cm³/mol. The second kappa shape index (κ2) is 10.2. The van der Waals surface area contributed by atoms with Crippen molar-refractivity contribution in [1.82, 2.24) is 0 Å². The van der Waals surface area contributed by atoms with Crippen LogP contribution in [0.3, 0.4) is 0 Å². The number of anilines is 1. The fourth-order valence-electron chi connectivity index (χ4n) is 3.64. The minimum absolute atomic E-state index is 0.0149. The summed E-state index contributed by atoms with van der Waals surface area (Å²) in [7, 11) is 0. The smallest absolute Gasteiger partial charge is 0.316 e. The predicted octanol–water partition coefficient (Wildman–Crippen LogP) is 3.69. The number of aromatic hydroxyl groups is 2. The van der Waals surface area contributed by atoms with E-state index in [0.29, 0.717) is 10.9 Å². The summed E-state index contributed by atoms with van der Waals surface area (Å²) in [5.74, 6) is -1.17. The lowest BCUT2D eigenvalue weighted by molar-refractivity contribution is -0.00188. The number of nitrogens with two attached hydrogens (primary N) is 1. The summed E-state index contributed by atoms with van der Waals surface area (Å²) in [5, 5.41) is 42.4. The standard InChI is InChI=1S/C25H21ClN2O8/c26-13-3-8-18(31)17(9-13)22(33)24-21(28-25(27)34)16-7-6-15(10-20(16)36-24)35-23(19(32)11-29)12-1-4-14(30)5-2-12/h1-10,19,23,29-32H,11H2,(H3,27,28,34). The van der Waals surface area contributed by atoms with E-state index >= 15 is 0 Å². The maximum absolute atomic E-state index is 13.2. The molecule has 2 atom stereocenters. The van der Waals surface area contributed by atoms with Crippen LogP contribution in [0.4, 0.5) is 10.5 Å². The Labute approximate surface area is 209 Å². The molecule has 0 saturated heterocycles. The molecule has 0 aliphatic rings. The number of carbonyl (C=O) groups excluding carboxylic acids is 2. The molecule has 0 aliphatic heterocycles. The van der Waals surface area contributed by atoms with E-state index in [2.05, 4.69) is 5.32 Å². The van der Waals surface area contributed by atoms with Crippen molar-refractivity contribution < 1.29 is 39.2 Å². The van der Waals surface area contributed by atoms with Gasteiger partial charge < -0.3 is 40.6 Å². The van der Waals surface area contributed by atoms with Crippen LogP contribution in [0, 0.1) is 0 Å². The maximum Gasteiger partial charge on any atom is 0.316 e. The van der Waals surface area contributed by atoms with Gasteiger partial charge in [-0.25, -0.2) is 4.79 Å². The number of ketones is 1. The van der Waals surface area contributed by atoms with E-state index in [0.717, 1.165) is 0 Å². The normalized spacial score (nSPS) is 12.8. The molecule has 36 heavy (non-hydrogen) atoms. The molecule has 0 saturated carbocycles. The SMILES string of the molecule is NC(=O)Nc1c(C(=O)c2cc(Cl)ccc2O)oc2cc(OC(c3ccc(O)cc3)C(O)CO)ccc12. The number of nitrogens with one attached hydrogen (secondary N) is 1. The van der Waals surface area contributed by atoms with Crippen LogP contribution < -0.4 is 15.8 Å². The summed E-state index contributed by atoms with van der Waals surface area (Å²) in [6.07, 6.45) is -2.30. The van der Waals surface area contributed by atoms with E-state index in [1.165, 1.54) is 60.7 Å². The Balaban J connectivity index is 1.76. The first kappa shape index (κ1) is 24.9. The molecule has 0 radical (unpaired) electrons. The summed E-state index contributed by atoms with van der Waals surface area (Å²) in [6.45, 7) is -0.594. The van der Waals surface area contributed by atoms with Gasteiger partial charge in [-0.05, 0) is 48.0 Å². The van der Waals surface area contributed by atoms with Crippen LogP contribution in [0.2, 0.25) is 5.02 Å². The molecule has 1 heterocycles.